The van der Waals surface area contributed by atoms with Gasteiger partial charge in [0.2, 0.25) is 15.9 Å². The Balaban J connectivity index is 1.55. The van der Waals surface area contributed by atoms with Crippen LogP contribution >= 0.6 is 0 Å². The Bertz CT molecular complexity index is 1710. The number of alkyl halides is 1. The van der Waals surface area contributed by atoms with E-state index in [0.29, 0.717) is 11.3 Å². The third-order valence-corrected chi connectivity index (χ3v) is 9.32. The molecule has 12 heteroatoms. The summed E-state index contributed by atoms with van der Waals surface area (Å²) >= 11 is 0. The van der Waals surface area contributed by atoms with Gasteiger partial charge in [0.15, 0.2) is 11.6 Å². The molecule has 1 fully saturated rings. The largest absolute Gasteiger partial charge is 0.504 e. The molecule has 4 aromatic rings. The Morgan fingerprint density at radius 1 is 1.12 bits per heavy atom. The maximum atomic E-state index is 16.9. The zero-order valence-electron chi connectivity index (χ0n) is 23.5. The molecule has 0 bridgehead atoms. The summed E-state index contributed by atoms with van der Waals surface area (Å²) in [6, 6.07) is 13.4. The second kappa shape index (κ2) is 12.0. The molecule has 3 atom stereocenters. The number of aromatic hydroxyl groups is 1. The van der Waals surface area contributed by atoms with E-state index in [2.05, 4.69) is 4.98 Å². The van der Waals surface area contributed by atoms with Crippen molar-refractivity contribution in [2.75, 3.05) is 13.4 Å². The summed E-state index contributed by atoms with van der Waals surface area (Å²) in [5.74, 6) is -1.93. The number of sulfonamides is 1. The molecule has 1 heterocycles. The Kier molecular flexibility index (Phi) is 8.55. The fourth-order valence-corrected chi connectivity index (χ4v) is 6.93. The second-order valence-electron chi connectivity index (χ2n) is 10.7. The number of ether oxygens (including phenoxy) is 1. The lowest BCUT2D eigenvalue weighted by molar-refractivity contribution is 0.147. The van der Waals surface area contributed by atoms with Gasteiger partial charge in [-0.05, 0) is 60.7 Å². The molecule has 1 aliphatic rings. The predicted octanol–water partition coefficient (Wildman–Crippen LogP) is 5.79. The molecule has 1 aromatic heterocycles. The van der Waals surface area contributed by atoms with E-state index in [9.17, 15) is 27.4 Å². The Labute approximate surface area is 247 Å². The number of hydrogen-bond donors (Lipinski definition) is 2. The Hall–Kier alpha value is -3.87. The van der Waals surface area contributed by atoms with Crippen LogP contribution in [0.2, 0.25) is 0 Å². The van der Waals surface area contributed by atoms with Gasteiger partial charge in [0.25, 0.3) is 0 Å². The number of nitrogens with zero attached hydrogens (tertiary/aromatic N) is 2. The van der Waals surface area contributed by atoms with Crippen molar-refractivity contribution in [2.24, 2.45) is 0 Å². The molecule has 3 aromatic carbocycles. The first kappa shape index (κ1) is 30.6. The number of hydrogen-bond acceptors (Lipinski definition) is 7. The summed E-state index contributed by atoms with van der Waals surface area (Å²) in [6.07, 6.45) is 0.788. The summed E-state index contributed by atoms with van der Waals surface area (Å²) in [7, 11) is -2.24. The molecule has 0 saturated heterocycles. The van der Waals surface area contributed by atoms with Gasteiger partial charge in [0, 0.05) is 23.7 Å². The topological polar surface area (TPSA) is 113 Å². The minimum atomic E-state index is -3.77. The van der Waals surface area contributed by atoms with Crippen LogP contribution in [0.3, 0.4) is 0 Å². The van der Waals surface area contributed by atoms with E-state index >= 15 is 4.39 Å². The molecule has 1 unspecified atom stereocenters. The van der Waals surface area contributed by atoms with Crippen molar-refractivity contribution in [3.05, 3.63) is 101 Å². The van der Waals surface area contributed by atoms with Crippen LogP contribution in [0.25, 0.3) is 11.1 Å². The first-order chi connectivity index (χ1) is 20.5. The fraction of sp³-hybridized carbons (Fsp3) is 0.323. The summed E-state index contributed by atoms with van der Waals surface area (Å²) in [4.78, 5) is 4.31. The van der Waals surface area contributed by atoms with Crippen molar-refractivity contribution in [3.63, 3.8) is 0 Å². The van der Waals surface area contributed by atoms with Gasteiger partial charge in [-0.1, -0.05) is 30.3 Å². The number of methoxy groups -OCH3 is 1. The summed E-state index contributed by atoms with van der Waals surface area (Å²) in [6.45, 7) is -0.417. The lowest BCUT2D eigenvalue weighted by Gasteiger charge is -2.32. The standard InChI is InChI=1S/C31H31F3N2O6S/c1-41-23-9-6-19(7-10-23)16-36(43(2,39)40)22-12-13-31(15-22,30-35-21(17-37)18-42-30)29(34)20-8-11-26(32)25(14-20)24-4-3-5-27(33)28(24)38/h3-11,14,18,22,29,37-38H,12-13,15-17H2,1-2H3/t22-,29?,31-/m0/s1. The monoisotopic (exact) mass is 616 g/mol. The van der Waals surface area contributed by atoms with Crippen LogP contribution in [0.4, 0.5) is 13.2 Å². The van der Waals surface area contributed by atoms with Gasteiger partial charge in [-0.25, -0.2) is 26.6 Å². The molecule has 43 heavy (non-hydrogen) atoms. The highest BCUT2D eigenvalue weighted by Gasteiger charge is 2.53. The first-order valence-corrected chi connectivity index (χ1v) is 15.4. The lowest BCUT2D eigenvalue weighted by Crippen LogP contribution is -2.40. The van der Waals surface area contributed by atoms with E-state index in [1.54, 1.807) is 24.3 Å². The van der Waals surface area contributed by atoms with E-state index in [0.717, 1.165) is 18.4 Å². The van der Waals surface area contributed by atoms with Crippen molar-refractivity contribution in [2.45, 2.75) is 50.0 Å². The van der Waals surface area contributed by atoms with Gasteiger partial charge in [0.1, 0.15) is 29.7 Å². The van der Waals surface area contributed by atoms with E-state index in [1.807, 2.05) is 0 Å². The molecule has 0 aliphatic heterocycles. The summed E-state index contributed by atoms with van der Waals surface area (Å²) in [5.41, 5.74) is -0.954. The number of para-hydroxylation sites is 1. The number of aromatic nitrogens is 1. The number of benzene rings is 3. The highest BCUT2D eigenvalue weighted by Crippen LogP contribution is 2.53. The number of aliphatic hydroxyl groups is 1. The molecule has 2 N–H and O–H groups in total. The predicted molar refractivity (Wildman–Crippen MR) is 152 cm³/mol. The molecule has 0 spiro atoms. The normalized spacial score (nSPS) is 19.6. The fourth-order valence-electron chi connectivity index (χ4n) is 5.82. The van der Waals surface area contributed by atoms with Crippen LogP contribution in [0, 0.1) is 11.6 Å². The second-order valence-corrected chi connectivity index (χ2v) is 12.7. The number of oxazole rings is 1. The first-order valence-electron chi connectivity index (χ1n) is 13.5. The summed E-state index contributed by atoms with van der Waals surface area (Å²) < 4.78 is 84.2. The number of phenolic OH excluding ortho intramolecular Hbond substituents is 1. The molecular weight excluding hydrogens is 585 g/mol. The van der Waals surface area contributed by atoms with E-state index < -0.39 is 51.6 Å². The molecule has 228 valence electrons. The Morgan fingerprint density at radius 3 is 2.51 bits per heavy atom. The van der Waals surface area contributed by atoms with Crippen LogP contribution in [-0.2, 0) is 28.6 Å². The minimum Gasteiger partial charge on any atom is -0.504 e. The van der Waals surface area contributed by atoms with Crippen molar-refractivity contribution in [1.29, 1.82) is 0 Å². The average molecular weight is 617 g/mol. The molecule has 5 rings (SSSR count). The SMILES string of the molecule is COc1ccc(CN([C@H]2CC[C@@](c3nc(CO)co3)(C(F)c3ccc(F)c(-c4cccc(F)c4O)c3)C2)S(C)(=O)=O)cc1. The number of aliphatic hydroxyl groups excluding tert-OH is 1. The van der Waals surface area contributed by atoms with Crippen LogP contribution in [0.15, 0.2) is 71.3 Å². The average Bonchev–Trinajstić information content (AvgIpc) is 3.66. The molecule has 0 radical (unpaired) electrons. The van der Waals surface area contributed by atoms with E-state index in [1.165, 1.54) is 41.9 Å². The van der Waals surface area contributed by atoms with Crippen molar-refractivity contribution in [1.82, 2.24) is 9.29 Å². The molecule has 1 aliphatic carbocycles. The zero-order chi connectivity index (χ0) is 30.9. The Morgan fingerprint density at radius 2 is 1.86 bits per heavy atom. The minimum absolute atomic E-state index is 0.00511. The van der Waals surface area contributed by atoms with Gasteiger partial charge < -0.3 is 19.4 Å². The van der Waals surface area contributed by atoms with Crippen molar-refractivity contribution >= 4 is 10.0 Å². The maximum Gasteiger partial charge on any atom is 0.211 e. The van der Waals surface area contributed by atoms with Crippen molar-refractivity contribution < 1.29 is 41.0 Å². The van der Waals surface area contributed by atoms with Gasteiger partial charge in [-0.3, -0.25) is 0 Å². The van der Waals surface area contributed by atoms with Crippen molar-refractivity contribution in [3.8, 4) is 22.6 Å². The van der Waals surface area contributed by atoms with Crippen LogP contribution in [-0.4, -0.2) is 47.3 Å². The molecule has 0 amide bonds. The van der Waals surface area contributed by atoms with Gasteiger partial charge in [-0.15, -0.1) is 0 Å². The van der Waals surface area contributed by atoms with Gasteiger partial charge in [0.05, 0.1) is 25.4 Å². The molecular formula is C31H31F3N2O6S. The van der Waals surface area contributed by atoms with Gasteiger partial charge in [-0.2, -0.15) is 4.31 Å². The smallest absolute Gasteiger partial charge is 0.211 e. The highest BCUT2D eigenvalue weighted by atomic mass is 32.2. The number of phenols is 1. The molecule has 8 nitrogen and oxygen atoms in total. The van der Waals surface area contributed by atoms with Gasteiger partial charge >= 0.3 is 0 Å². The van der Waals surface area contributed by atoms with Crippen LogP contribution in [0.5, 0.6) is 11.5 Å². The molecule has 1 saturated carbocycles. The third-order valence-electron chi connectivity index (χ3n) is 8.04. The van der Waals surface area contributed by atoms with E-state index in [-0.39, 0.29) is 54.1 Å². The zero-order valence-corrected chi connectivity index (χ0v) is 24.3. The van der Waals surface area contributed by atoms with E-state index in [4.69, 9.17) is 9.15 Å². The third kappa shape index (κ3) is 5.99. The number of halogens is 3. The van der Waals surface area contributed by atoms with Crippen LogP contribution in [0.1, 0.15) is 48.1 Å². The quantitative estimate of drug-likeness (QED) is 0.232. The maximum absolute atomic E-state index is 16.9. The van der Waals surface area contributed by atoms with Crippen LogP contribution < -0.4 is 4.74 Å². The number of rotatable bonds is 10. The highest BCUT2D eigenvalue weighted by molar-refractivity contribution is 7.88. The summed E-state index contributed by atoms with van der Waals surface area (Å²) in [5, 5.41) is 19.9. The lowest BCUT2D eigenvalue weighted by atomic mass is 9.77.